The number of fused-ring (bicyclic) bond motifs is 1. The lowest BCUT2D eigenvalue weighted by molar-refractivity contribution is -0.137. The Kier molecular flexibility index (Phi) is 5.85. The molecule has 2 aromatic carbocycles. The van der Waals surface area contributed by atoms with Crippen molar-refractivity contribution in [2.45, 2.75) is 38.0 Å². The van der Waals surface area contributed by atoms with Crippen LogP contribution in [-0.4, -0.2) is 31.5 Å². The minimum atomic E-state index is -4.54. The standard InChI is InChI=1S/C23H24F3N3O3/c1-13(27-21(14-3-4-14)15-5-8-17(32-2)9-6-15)22(31)29-12-20(30)28-18-11-16(23(24,25)26)7-10-19(18)29/h5-11,13-14,21,27H,3-4,12H2,1-2H3,(H,28,30). The number of ether oxygens (including phenoxy) is 1. The Labute approximate surface area is 183 Å². The van der Waals surface area contributed by atoms with Crippen LogP contribution in [0.2, 0.25) is 0 Å². The molecule has 2 N–H and O–H groups in total. The van der Waals surface area contributed by atoms with Gasteiger partial charge in [-0.05, 0) is 61.6 Å². The van der Waals surface area contributed by atoms with E-state index in [-0.39, 0.29) is 29.9 Å². The summed E-state index contributed by atoms with van der Waals surface area (Å²) >= 11 is 0. The molecule has 1 aliphatic carbocycles. The first kappa shape index (κ1) is 22.1. The molecule has 0 spiro atoms. The van der Waals surface area contributed by atoms with Crippen LogP contribution >= 0.6 is 0 Å². The van der Waals surface area contributed by atoms with Gasteiger partial charge < -0.3 is 10.1 Å². The molecule has 2 atom stereocenters. The van der Waals surface area contributed by atoms with E-state index in [1.807, 2.05) is 24.3 Å². The number of hydrogen-bond acceptors (Lipinski definition) is 4. The number of alkyl halides is 3. The van der Waals surface area contributed by atoms with E-state index in [2.05, 4.69) is 10.6 Å². The first-order chi connectivity index (χ1) is 15.2. The third-order valence-electron chi connectivity index (χ3n) is 5.82. The maximum Gasteiger partial charge on any atom is 0.416 e. The topological polar surface area (TPSA) is 70.7 Å². The second-order valence-electron chi connectivity index (χ2n) is 8.18. The summed E-state index contributed by atoms with van der Waals surface area (Å²) in [4.78, 5) is 26.6. The highest BCUT2D eigenvalue weighted by atomic mass is 19.4. The molecule has 0 radical (unpaired) electrons. The van der Waals surface area contributed by atoms with Crippen LogP contribution in [0.5, 0.6) is 5.75 Å². The van der Waals surface area contributed by atoms with Crippen LogP contribution in [0.1, 0.15) is 36.9 Å². The highest BCUT2D eigenvalue weighted by Crippen LogP contribution is 2.42. The van der Waals surface area contributed by atoms with E-state index in [0.717, 1.165) is 36.3 Å². The Morgan fingerprint density at radius 3 is 2.47 bits per heavy atom. The van der Waals surface area contributed by atoms with Gasteiger partial charge in [0.15, 0.2) is 0 Å². The van der Waals surface area contributed by atoms with Crippen molar-refractivity contribution in [1.29, 1.82) is 0 Å². The first-order valence-electron chi connectivity index (χ1n) is 10.4. The fourth-order valence-corrected chi connectivity index (χ4v) is 3.98. The largest absolute Gasteiger partial charge is 0.497 e. The van der Waals surface area contributed by atoms with E-state index in [0.29, 0.717) is 5.92 Å². The summed E-state index contributed by atoms with van der Waals surface area (Å²) in [7, 11) is 1.59. The van der Waals surface area contributed by atoms with Gasteiger partial charge in [0.05, 0.1) is 30.1 Å². The SMILES string of the molecule is COc1ccc(C(NC(C)C(=O)N2CC(=O)Nc3cc(C(F)(F)F)ccc32)C2CC2)cc1. The van der Waals surface area contributed by atoms with Gasteiger partial charge in [-0.1, -0.05) is 12.1 Å². The van der Waals surface area contributed by atoms with E-state index in [1.165, 1.54) is 11.0 Å². The van der Waals surface area contributed by atoms with Crippen molar-refractivity contribution >= 4 is 23.2 Å². The van der Waals surface area contributed by atoms with E-state index >= 15 is 0 Å². The summed E-state index contributed by atoms with van der Waals surface area (Å²) in [5.41, 5.74) is 0.374. The Bertz CT molecular complexity index is 1020. The summed E-state index contributed by atoms with van der Waals surface area (Å²) in [6.07, 6.45) is -2.46. The molecule has 1 fully saturated rings. The molecule has 9 heteroatoms. The van der Waals surface area contributed by atoms with Gasteiger partial charge >= 0.3 is 6.18 Å². The molecule has 0 bridgehead atoms. The number of hydrogen-bond donors (Lipinski definition) is 2. The molecule has 1 saturated carbocycles. The van der Waals surface area contributed by atoms with Crippen molar-refractivity contribution in [1.82, 2.24) is 5.32 Å². The fraction of sp³-hybridized carbons (Fsp3) is 0.391. The Balaban J connectivity index is 1.55. The minimum absolute atomic E-state index is 0.0227. The van der Waals surface area contributed by atoms with Crippen LogP contribution in [0.3, 0.4) is 0 Å². The van der Waals surface area contributed by atoms with Gasteiger partial charge in [-0.3, -0.25) is 19.8 Å². The summed E-state index contributed by atoms with van der Waals surface area (Å²) in [5, 5.41) is 5.80. The number of nitrogens with one attached hydrogen (secondary N) is 2. The quantitative estimate of drug-likeness (QED) is 0.699. The van der Waals surface area contributed by atoms with Gasteiger partial charge in [0, 0.05) is 6.04 Å². The molecule has 1 heterocycles. The molecule has 170 valence electrons. The van der Waals surface area contributed by atoms with Crippen LogP contribution in [0.4, 0.5) is 24.5 Å². The number of nitrogens with zero attached hydrogens (tertiary/aromatic N) is 1. The van der Waals surface area contributed by atoms with E-state index < -0.39 is 23.7 Å². The lowest BCUT2D eigenvalue weighted by atomic mass is 10.0. The molecule has 2 aliphatic rings. The molecule has 6 nitrogen and oxygen atoms in total. The molecule has 0 aromatic heterocycles. The number of methoxy groups -OCH3 is 1. The number of rotatable bonds is 6. The summed E-state index contributed by atoms with van der Waals surface area (Å²) < 4.78 is 44.4. The van der Waals surface area contributed by atoms with Crippen LogP contribution < -0.4 is 20.3 Å². The minimum Gasteiger partial charge on any atom is -0.497 e. The predicted molar refractivity (Wildman–Crippen MR) is 113 cm³/mol. The van der Waals surface area contributed by atoms with Gasteiger partial charge in [-0.2, -0.15) is 13.2 Å². The van der Waals surface area contributed by atoms with Gasteiger partial charge in [-0.15, -0.1) is 0 Å². The van der Waals surface area contributed by atoms with Crippen molar-refractivity contribution in [3.63, 3.8) is 0 Å². The highest BCUT2D eigenvalue weighted by Gasteiger charge is 2.37. The maximum atomic E-state index is 13.2. The Morgan fingerprint density at radius 2 is 1.88 bits per heavy atom. The number of carbonyl (C=O) groups excluding carboxylic acids is 2. The number of anilines is 2. The molecular formula is C23H24F3N3O3. The zero-order valence-electron chi connectivity index (χ0n) is 17.7. The van der Waals surface area contributed by atoms with Crippen molar-refractivity contribution < 1.29 is 27.5 Å². The number of carbonyl (C=O) groups is 2. The third kappa shape index (κ3) is 4.57. The zero-order valence-corrected chi connectivity index (χ0v) is 17.7. The average molecular weight is 447 g/mol. The number of amides is 2. The first-order valence-corrected chi connectivity index (χ1v) is 10.4. The van der Waals surface area contributed by atoms with E-state index in [9.17, 15) is 22.8 Å². The maximum absolute atomic E-state index is 13.2. The third-order valence-corrected chi connectivity index (χ3v) is 5.82. The van der Waals surface area contributed by atoms with Crippen LogP contribution in [0, 0.1) is 5.92 Å². The van der Waals surface area contributed by atoms with E-state index in [4.69, 9.17) is 4.74 Å². The second kappa shape index (κ2) is 8.46. The average Bonchev–Trinajstić information content (AvgIpc) is 3.60. The van der Waals surface area contributed by atoms with Gasteiger partial charge in [0.25, 0.3) is 0 Å². The highest BCUT2D eigenvalue weighted by molar-refractivity contribution is 6.11. The van der Waals surface area contributed by atoms with Crippen LogP contribution in [0.25, 0.3) is 0 Å². The Hall–Kier alpha value is -3.07. The lowest BCUT2D eigenvalue weighted by Crippen LogP contribution is -2.50. The second-order valence-corrected chi connectivity index (χ2v) is 8.18. The number of benzene rings is 2. The summed E-state index contributed by atoms with van der Waals surface area (Å²) in [6, 6.07) is 9.93. The molecule has 2 amide bonds. The predicted octanol–water partition coefficient (Wildman–Crippen LogP) is 4.13. The van der Waals surface area contributed by atoms with Crippen molar-refractivity contribution in [3.05, 3.63) is 53.6 Å². The summed E-state index contributed by atoms with van der Waals surface area (Å²) in [5.74, 6) is 0.220. The normalized spacial score (nSPS) is 17.9. The van der Waals surface area contributed by atoms with Crippen molar-refractivity contribution in [2.24, 2.45) is 5.92 Å². The smallest absolute Gasteiger partial charge is 0.416 e. The molecule has 0 saturated heterocycles. The van der Waals surface area contributed by atoms with E-state index in [1.54, 1.807) is 14.0 Å². The van der Waals surface area contributed by atoms with Crippen LogP contribution in [0.15, 0.2) is 42.5 Å². The molecule has 32 heavy (non-hydrogen) atoms. The molecule has 2 aromatic rings. The monoisotopic (exact) mass is 447 g/mol. The lowest BCUT2D eigenvalue weighted by Gasteiger charge is -2.33. The molecular weight excluding hydrogens is 423 g/mol. The van der Waals surface area contributed by atoms with Gasteiger partial charge in [0.1, 0.15) is 12.3 Å². The van der Waals surface area contributed by atoms with Crippen molar-refractivity contribution in [3.8, 4) is 5.75 Å². The van der Waals surface area contributed by atoms with Crippen molar-refractivity contribution in [2.75, 3.05) is 23.9 Å². The molecule has 2 unspecified atom stereocenters. The molecule has 1 aliphatic heterocycles. The zero-order chi connectivity index (χ0) is 23.0. The van der Waals surface area contributed by atoms with Gasteiger partial charge in [0.2, 0.25) is 11.8 Å². The summed E-state index contributed by atoms with van der Waals surface area (Å²) in [6.45, 7) is 1.46. The fourth-order valence-electron chi connectivity index (χ4n) is 3.98. The van der Waals surface area contributed by atoms with Gasteiger partial charge in [-0.25, -0.2) is 0 Å². The molecule has 4 rings (SSSR count). The Morgan fingerprint density at radius 1 is 1.19 bits per heavy atom. The van der Waals surface area contributed by atoms with Crippen LogP contribution in [-0.2, 0) is 15.8 Å². The number of halogens is 3.